The third-order valence-electron chi connectivity index (χ3n) is 2.99. The molecular weight excluding hydrogens is 266 g/mol. The van der Waals surface area contributed by atoms with E-state index in [1.807, 2.05) is 43.3 Å². The van der Waals surface area contributed by atoms with Crippen LogP contribution in [-0.2, 0) is 4.74 Å². The van der Waals surface area contributed by atoms with E-state index in [-0.39, 0.29) is 12.1 Å². The average molecular weight is 285 g/mol. The highest BCUT2D eigenvalue weighted by Gasteiger charge is 2.14. The third kappa shape index (κ3) is 4.57. The number of methoxy groups -OCH3 is 1. The number of benzene rings is 1. The summed E-state index contributed by atoms with van der Waals surface area (Å²) in [5.41, 5.74) is 2.04. The summed E-state index contributed by atoms with van der Waals surface area (Å²) in [6.07, 6.45) is 1.71. The number of urea groups is 1. The van der Waals surface area contributed by atoms with Crippen molar-refractivity contribution in [1.29, 1.82) is 0 Å². The van der Waals surface area contributed by atoms with Crippen molar-refractivity contribution in [1.82, 2.24) is 10.3 Å². The number of rotatable bonds is 5. The number of amides is 2. The first kappa shape index (κ1) is 15.0. The van der Waals surface area contributed by atoms with Gasteiger partial charge in [-0.1, -0.05) is 36.4 Å². The Labute approximate surface area is 124 Å². The molecule has 2 amide bonds. The number of nitrogens with zero attached hydrogens (tertiary/aromatic N) is 1. The van der Waals surface area contributed by atoms with Crippen LogP contribution in [0.25, 0.3) is 0 Å². The molecule has 21 heavy (non-hydrogen) atoms. The molecule has 0 fully saturated rings. The lowest BCUT2D eigenvalue weighted by Gasteiger charge is -2.18. The second-order valence-electron chi connectivity index (χ2n) is 4.74. The predicted octanol–water partition coefficient (Wildman–Crippen LogP) is 2.90. The third-order valence-corrected chi connectivity index (χ3v) is 2.99. The van der Waals surface area contributed by atoms with Crippen molar-refractivity contribution >= 4 is 11.8 Å². The molecule has 0 saturated carbocycles. The predicted molar refractivity (Wildman–Crippen MR) is 82.2 cm³/mol. The van der Waals surface area contributed by atoms with Crippen molar-refractivity contribution in [2.45, 2.75) is 13.0 Å². The Balaban J connectivity index is 2.00. The van der Waals surface area contributed by atoms with Crippen molar-refractivity contribution in [2.75, 3.05) is 19.0 Å². The van der Waals surface area contributed by atoms with Crippen LogP contribution in [0.2, 0.25) is 0 Å². The van der Waals surface area contributed by atoms with Gasteiger partial charge in [-0.2, -0.15) is 0 Å². The van der Waals surface area contributed by atoms with Crippen molar-refractivity contribution in [3.8, 4) is 0 Å². The number of nitrogens with one attached hydrogen (secondary N) is 2. The zero-order chi connectivity index (χ0) is 15.1. The van der Waals surface area contributed by atoms with Gasteiger partial charge in [0.15, 0.2) is 0 Å². The lowest BCUT2D eigenvalue weighted by molar-refractivity contribution is 0.168. The minimum Gasteiger partial charge on any atom is -0.382 e. The molecule has 1 aromatic carbocycles. The van der Waals surface area contributed by atoms with E-state index in [0.29, 0.717) is 12.4 Å². The molecule has 1 atom stereocenters. The van der Waals surface area contributed by atoms with Gasteiger partial charge < -0.3 is 10.1 Å². The van der Waals surface area contributed by atoms with Crippen LogP contribution in [0.15, 0.2) is 48.7 Å². The molecule has 0 aliphatic rings. The first-order valence-electron chi connectivity index (χ1n) is 6.73. The summed E-state index contributed by atoms with van der Waals surface area (Å²) in [6.45, 7) is 2.35. The number of hydrogen-bond acceptors (Lipinski definition) is 3. The highest BCUT2D eigenvalue weighted by molar-refractivity contribution is 5.88. The van der Waals surface area contributed by atoms with E-state index in [1.165, 1.54) is 0 Å². The van der Waals surface area contributed by atoms with E-state index >= 15 is 0 Å². The van der Waals surface area contributed by atoms with Crippen LogP contribution in [0.3, 0.4) is 0 Å². The van der Waals surface area contributed by atoms with E-state index in [4.69, 9.17) is 4.74 Å². The Morgan fingerprint density at radius 1 is 1.24 bits per heavy atom. The molecule has 0 saturated heterocycles. The smallest absolute Gasteiger partial charge is 0.320 e. The van der Waals surface area contributed by atoms with Crippen molar-refractivity contribution in [2.24, 2.45) is 0 Å². The zero-order valence-corrected chi connectivity index (χ0v) is 12.2. The van der Waals surface area contributed by atoms with Crippen LogP contribution in [0.5, 0.6) is 0 Å². The fourth-order valence-electron chi connectivity index (χ4n) is 1.93. The van der Waals surface area contributed by atoms with Gasteiger partial charge in [0, 0.05) is 13.3 Å². The molecule has 0 aliphatic heterocycles. The van der Waals surface area contributed by atoms with Crippen LogP contribution >= 0.6 is 0 Å². The Kier molecular flexibility index (Phi) is 5.29. The van der Waals surface area contributed by atoms with Gasteiger partial charge in [0.25, 0.3) is 0 Å². The van der Waals surface area contributed by atoms with Gasteiger partial charge >= 0.3 is 6.03 Å². The van der Waals surface area contributed by atoms with Crippen molar-refractivity contribution in [3.63, 3.8) is 0 Å². The Hall–Kier alpha value is -2.40. The Morgan fingerprint density at radius 2 is 2.00 bits per heavy atom. The van der Waals surface area contributed by atoms with E-state index < -0.39 is 0 Å². The van der Waals surface area contributed by atoms with E-state index in [9.17, 15) is 4.79 Å². The lowest BCUT2D eigenvalue weighted by Crippen LogP contribution is -2.35. The molecule has 5 nitrogen and oxygen atoms in total. The van der Waals surface area contributed by atoms with E-state index in [2.05, 4.69) is 15.6 Å². The summed E-state index contributed by atoms with van der Waals surface area (Å²) in [5.74, 6) is 0.516. The molecule has 0 aliphatic carbocycles. The summed E-state index contributed by atoms with van der Waals surface area (Å²) >= 11 is 0. The molecule has 110 valence electrons. The van der Waals surface area contributed by atoms with Crippen LogP contribution in [0, 0.1) is 6.92 Å². The summed E-state index contributed by atoms with van der Waals surface area (Å²) in [7, 11) is 1.61. The molecule has 2 N–H and O–H groups in total. The summed E-state index contributed by atoms with van der Waals surface area (Å²) in [4.78, 5) is 16.2. The Morgan fingerprint density at radius 3 is 2.62 bits per heavy atom. The first-order valence-corrected chi connectivity index (χ1v) is 6.73. The van der Waals surface area contributed by atoms with E-state index in [1.54, 1.807) is 19.4 Å². The maximum atomic E-state index is 12.0. The quantitative estimate of drug-likeness (QED) is 0.888. The standard InChI is InChI=1S/C16H19N3O2/c1-12-8-9-15(17-10-12)19-16(20)18-14(11-21-2)13-6-4-3-5-7-13/h3-10,14H,11H2,1-2H3,(H2,17,18,19,20). The molecule has 2 rings (SSSR count). The SMILES string of the molecule is COCC(NC(=O)Nc1ccc(C)cn1)c1ccccc1. The molecule has 0 radical (unpaired) electrons. The largest absolute Gasteiger partial charge is 0.382 e. The summed E-state index contributed by atoms with van der Waals surface area (Å²) < 4.78 is 5.17. The molecule has 1 aromatic heterocycles. The summed E-state index contributed by atoms with van der Waals surface area (Å²) in [5, 5.41) is 5.59. The number of aryl methyl sites for hydroxylation is 1. The number of carbonyl (C=O) groups is 1. The second-order valence-corrected chi connectivity index (χ2v) is 4.74. The molecular formula is C16H19N3O2. The number of carbonyl (C=O) groups excluding carboxylic acids is 1. The van der Waals surface area contributed by atoms with Crippen molar-refractivity contribution in [3.05, 3.63) is 59.8 Å². The van der Waals surface area contributed by atoms with Gasteiger partial charge in [0.2, 0.25) is 0 Å². The van der Waals surface area contributed by atoms with Gasteiger partial charge in [0.05, 0.1) is 12.6 Å². The highest BCUT2D eigenvalue weighted by Crippen LogP contribution is 2.13. The zero-order valence-electron chi connectivity index (χ0n) is 12.2. The van der Waals surface area contributed by atoms with Gasteiger partial charge in [-0.15, -0.1) is 0 Å². The normalized spacial score (nSPS) is 11.7. The minimum absolute atomic E-state index is 0.207. The van der Waals surface area contributed by atoms with Gasteiger partial charge in [-0.3, -0.25) is 5.32 Å². The number of hydrogen-bond donors (Lipinski definition) is 2. The number of anilines is 1. The maximum absolute atomic E-state index is 12.0. The number of aromatic nitrogens is 1. The fraction of sp³-hybridized carbons (Fsp3) is 0.250. The molecule has 5 heteroatoms. The highest BCUT2D eigenvalue weighted by atomic mass is 16.5. The fourth-order valence-corrected chi connectivity index (χ4v) is 1.93. The van der Waals surface area contributed by atoms with Crippen LogP contribution in [0.1, 0.15) is 17.2 Å². The average Bonchev–Trinajstić information content (AvgIpc) is 2.50. The maximum Gasteiger partial charge on any atom is 0.320 e. The van der Waals surface area contributed by atoms with E-state index in [0.717, 1.165) is 11.1 Å². The van der Waals surface area contributed by atoms with Gasteiger partial charge in [-0.05, 0) is 24.1 Å². The summed E-state index contributed by atoms with van der Waals surface area (Å²) in [6, 6.07) is 12.8. The first-order chi connectivity index (χ1) is 10.2. The lowest BCUT2D eigenvalue weighted by atomic mass is 10.1. The van der Waals surface area contributed by atoms with Crippen LogP contribution in [0.4, 0.5) is 10.6 Å². The van der Waals surface area contributed by atoms with Crippen LogP contribution in [-0.4, -0.2) is 24.7 Å². The molecule has 1 heterocycles. The molecule has 0 bridgehead atoms. The Bertz CT molecular complexity index is 570. The molecule has 0 spiro atoms. The minimum atomic E-state index is -0.308. The number of pyridine rings is 1. The van der Waals surface area contributed by atoms with Gasteiger partial charge in [0.1, 0.15) is 5.82 Å². The number of ether oxygens (including phenoxy) is 1. The second kappa shape index (κ2) is 7.40. The molecule has 2 aromatic rings. The molecule has 1 unspecified atom stereocenters. The van der Waals surface area contributed by atoms with Crippen LogP contribution < -0.4 is 10.6 Å². The topological polar surface area (TPSA) is 63.2 Å². The monoisotopic (exact) mass is 285 g/mol. The van der Waals surface area contributed by atoms with Crippen molar-refractivity contribution < 1.29 is 9.53 Å². The van der Waals surface area contributed by atoms with Gasteiger partial charge in [-0.25, -0.2) is 9.78 Å².